The molecule has 9 nitrogen and oxygen atoms in total. The fourth-order valence-corrected chi connectivity index (χ4v) is 7.79. The fraction of sp³-hybridized carbons (Fsp3) is 0.316. The Kier molecular flexibility index (Phi) is 11.0. The minimum atomic E-state index is -4.48. The molecule has 0 saturated heterocycles. The largest absolute Gasteiger partial charge is 0.486 e. The number of nitrogens with one attached hydrogen (secondary N) is 1. The van der Waals surface area contributed by atoms with Crippen LogP contribution in [0.4, 0.5) is 14.5 Å². The summed E-state index contributed by atoms with van der Waals surface area (Å²) in [7, 11) is -4.48. The van der Waals surface area contributed by atoms with Gasteiger partial charge in [0, 0.05) is 30.6 Å². The van der Waals surface area contributed by atoms with E-state index in [0.717, 1.165) is 54.1 Å². The van der Waals surface area contributed by atoms with Gasteiger partial charge in [0.1, 0.15) is 37.4 Å². The second-order valence-electron chi connectivity index (χ2n) is 12.5. The number of nitrogens with zero attached hydrogens (tertiary/aromatic N) is 2. The lowest BCUT2D eigenvalue weighted by Gasteiger charge is -2.35. The Morgan fingerprint density at radius 2 is 1.50 bits per heavy atom. The van der Waals surface area contributed by atoms with E-state index in [1.54, 1.807) is 6.07 Å². The number of amides is 2. The molecule has 1 heterocycles. The molecular weight excluding hydrogens is 664 g/mol. The normalized spacial score (nSPS) is 15.2. The number of fused-ring (bicyclic) bond motifs is 1. The maximum absolute atomic E-state index is 15.2. The summed E-state index contributed by atoms with van der Waals surface area (Å²) in [5.74, 6) is -1.72. The molecule has 1 saturated carbocycles. The summed E-state index contributed by atoms with van der Waals surface area (Å²) in [4.78, 5) is 29.9. The molecule has 0 spiro atoms. The molecule has 1 fully saturated rings. The average molecular weight is 704 g/mol. The van der Waals surface area contributed by atoms with Crippen LogP contribution in [0.3, 0.4) is 0 Å². The first-order chi connectivity index (χ1) is 24.2. The molecule has 12 heteroatoms. The van der Waals surface area contributed by atoms with Crippen molar-refractivity contribution in [3.05, 3.63) is 120 Å². The molecule has 1 aliphatic carbocycles. The van der Waals surface area contributed by atoms with Crippen molar-refractivity contribution in [2.45, 2.75) is 62.0 Å². The van der Waals surface area contributed by atoms with Crippen molar-refractivity contribution in [3.63, 3.8) is 0 Å². The topological polar surface area (TPSA) is 105 Å². The van der Waals surface area contributed by atoms with E-state index < -0.39 is 46.1 Å². The number of halogens is 2. The van der Waals surface area contributed by atoms with Gasteiger partial charge in [0.25, 0.3) is 10.0 Å². The van der Waals surface area contributed by atoms with Crippen LogP contribution in [0.1, 0.15) is 43.2 Å². The Labute approximate surface area is 290 Å². The van der Waals surface area contributed by atoms with Crippen LogP contribution in [0.25, 0.3) is 0 Å². The van der Waals surface area contributed by atoms with Crippen LogP contribution in [-0.4, -0.2) is 57.0 Å². The van der Waals surface area contributed by atoms with Crippen molar-refractivity contribution in [2.75, 3.05) is 24.1 Å². The van der Waals surface area contributed by atoms with Crippen molar-refractivity contribution in [3.8, 4) is 11.5 Å². The molecule has 2 amide bonds. The van der Waals surface area contributed by atoms with Crippen LogP contribution in [0, 0.1) is 11.6 Å². The Bertz CT molecular complexity index is 1900. The molecule has 1 unspecified atom stereocenters. The van der Waals surface area contributed by atoms with E-state index in [-0.39, 0.29) is 47.5 Å². The van der Waals surface area contributed by atoms with Crippen molar-refractivity contribution >= 4 is 27.5 Å². The van der Waals surface area contributed by atoms with Crippen LogP contribution in [-0.2, 0) is 32.6 Å². The first-order valence-electron chi connectivity index (χ1n) is 16.7. The second kappa shape index (κ2) is 15.7. The van der Waals surface area contributed by atoms with Crippen molar-refractivity contribution < 1.29 is 36.3 Å². The van der Waals surface area contributed by atoms with Crippen LogP contribution in [0.15, 0.2) is 102 Å². The minimum Gasteiger partial charge on any atom is -0.486 e. The van der Waals surface area contributed by atoms with Crippen LogP contribution in [0.2, 0.25) is 0 Å². The molecule has 0 aromatic heterocycles. The Morgan fingerprint density at radius 3 is 2.22 bits per heavy atom. The van der Waals surface area contributed by atoms with E-state index in [0.29, 0.717) is 12.4 Å². The highest BCUT2D eigenvalue weighted by atomic mass is 32.2. The van der Waals surface area contributed by atoms with Gasteiger partial charge < -0.3 is 19.7 Å². The molecule has 50 heavy (non-hydrogen) atoms. The van der Waals surface area contributed by atoms with Crippen LogP contribution < -0.4 is 19.1 Å². The van der Waals surface area contributed by atoms with Gasteiger partial charge in [0.2, 0.25) is 11.8 Å². The highest BCUT2D eigenvalue weighted by Gasteiger charge is 2.36. The van der Waals surface area contributed by atoms with Crippen molar-refractivity contribution in [1.29, 1.82) is 0 Å². The third-order valence-electron chi connectivity index (χ3n) is 9.02. The van der Waals surface area contributed by atoms with Gasteiger partial charge in [-0.15, -0.1) is 0 Å². The van der Waals surface area contributed by atoms with Gasteiger partial charge in [0.15, 0.2) is 11.5 Å². The van der Waals surface area contributed by atoms with Gasteiger partial charge in [-0.1, -0.05) is 67.8 Å². The molecular formula is C38H39F2N3O6S. The fourth-order valence-electron chi connectivity index (χ4n) is 6.36. The first kappa shape index (κ1) is 34.9. The molecule has 1 aliphatic heterocycles. The quantitative estimate of drug-likeness (QED) is 0.194. The summed E-state index contributed by atoms with van der Waals surface area (Å²) >= 11 is 0. The number of benzene rings is 4. The summed E-state index contributed by atoms with van der Waals surface area (Å²) in [5, 5.41) is 3.13. The molecule has 0 radical (unpaired) electrons. The van der Waals surface area contributed by atoms with E-state index in [9.17, 15) is 22.4 Å². The van der Waals surface area contributed by atoms with E-state index in [1.165, 1.54) is 53.4 Å². The van der Waals surface area contributed by atoms with E-state index >= 15 is 4.39 Å². The SMILES string of the molecule is O=C(NC1CCCCC1)C(Cc1ccccc1)N(Cc1ccccc1F)C(=O)CN(c1ccc(F)cc1)S(=O)(=O)c1ccc2c(c1)OCCO2. The van der Waals surface area contributed by atoms with Gasteiger partial charge in [-0.05, 0) is 60.9 Å². The zero-order chi connectivity index (χ0) is 35.1. The first-order valence-corrected chi connectivity index (χ1v) is 18.2. The number of hydrogen-bond acceptors (Lipinski definition) is 6. The lowest BCUT2D eigenvalue weighted by atomic mass is 9.94. The number of sulfonamides is 1. The smallest absolute Gasteiger partial charge is 0.264 e. The van der Waals surface area contributed by atoms with Crippen LogP contribution in [0.5, 0.6) is 11.5 Å². The summed E-state index contributed by atoms with van der Waals surface area (Å²) in [6, 6.07) is 22.8. The summed E-state index contributed by atoms with van der Waals surface area (Å²) in [5.41, 5.74) is 0.945. The average Bonchev–Trinajstić information content (AvgIpc) is 3.13. The number of anilines is 1. The molecule has 1 atom stereocenters. The predicted octanol–water partition coefficient (Wildman–Crippen LogP) is 6.02. The minimum absolute atomic E-state index is 0.0201. The maximum Gasteiger partial charge on any atom is 0.264 e. The third-order valence-corrected chi connectivity index (χ3v) is 10.8. The second-order valence-corrected chi connectivity index (χ2v) is 14.3. The molecule has 2 aliphatic rings. The predicted molar refractivity (Wildman–Crippen MR) is 184 cm³/mol. The Hall–Kier alpha value is -4.97. The molecule has 1 N–H and O–H groups in total. The summed E-state index contributed by atoms with van der Waals surface area (Å²) in [6.07, 6.45) is 4.72. The van der Waals surface area contributed by atoms with Gasteiger partial charge >= 0.3 is 0 Å². The molecule has 4 aromatic rings. The number of rotatable bonds is 12. The number of hydrogen-bond donors (Lipinski definition) is 1. The standard InChI is InChI=1S/C38H39F2N3O6S/c39-29-15-17-31(18-16-29)43(50(46,47)32-19-20-35-36(24-32)49-22-21-48-35)26-37(44)42(25-28-11-7-8-14-33(28)40)34(23-27-9-3-1-4-10-27)38(45)41-30-12-5-2-6-13-30/h1,3-4,7-11,14-20,24,30,34H,2,5-6,12-13,21-23,25-26H2,(H,41,45). The molecule has 0 bridgehead atoms. The molecule has 262 valence electrons. The van der Waals surface area contributed by atoms with E-state index in [1.807, 2.05) is 30.3 Å². The summed E-state index contributed by atoms with van der Waals surface area (Å²) in [6.45, 7) is -0.527. The zero-order valence-electron chi connectivity index (χ0n) is 27.5. The molecule has 4 aromatic carbocycles. The number of ether oxygens (including phenoxy) is 2. The highest BCUT2D eigenvalue weighted by Crippen LogP contribution is 2.34. The Balaban J connectivity index is 1.40. The Morgan fingerprint density at radius 1 is 0.820 bits per heavy atom. The lowest BCUT2D eigenvalue weighted by Crippen LogP contribution is -2.55. The molecule has 6 rings (SSSR count). The highest BCUT2D eigenvalue weighted by molar-refractivity contribution is 7.92. The van der Waals surface area contributed by atoms with E-state index in [2.05, 4.69) is 5.32 Å². The van der Waals surface area contributed by atoms with Gasteiger partial charge in [0.05, 0.1) is 10.6 Å². The van der Waals surface area contributed by atoms with Gasteiger partial charge in [-0.3, -0.25) is 13.9 Å². The zero-order valence-corrected chi connectivity index (χ0v) is 28.3. The van der Waals surface area contributed by atoms with Gasteiger partial charge in [-0.2, -0.15) is 0 Å². The lowest BCUT2D eigenvalue weighted by molar-refractivity contribution is -0.140. The summed E-state index contributed by atoms with van der Waals surface area (Å²) < 4.78 is 70.0. The van der Waals surface area contributed by atoms with Gasteiger partial charge in [-0.25, -0.2) is 17.2 Å². The van der Waals surface area contributed by atoms with Crippen molar-refractivity contribution in [2.24, 2.45) is 0 Å². The maximum atomic E-state index is 15.2. The van der Waals surface area contributed by atoms with Crippen molar-refractivity contribution in [1.82, 2.24) is 10.2 Å². The number of carbonyl (C=O) groups excluding carboxylic acids is 2. The van der Waals surface area contributed by atoms with Crippen LogP contribution >= 0.6 is 0 Å². The third kappa shape index (κ3) is 8.24. The number of carbonyl (C=O) groups is 2. The van der Waals surface area contributed by atoms with E-state index in [4.69, 9.17) is 9.47 Å². The monoisotopic (exact) mass is 703 g/mol.